The van der Waals surface area contributed by atoms with Gasteiger partial charge in [0.05, 0.1) is 39.3 Å². The molecule has 0 spiro atoms. The van der Waals surface area contributed by atoms with Crippen molar-refractivity contribution in [3.63, 3.8) is 0 Å². The summed E-state index contributed by atoms with van der Waals surface area (Å²) in [5.41, 5.74) is 1.67. The number of nitriles is 1. The van der Waals surface area contributed by atoms with Crippen LogP contribution in [0.5, 0.6) is 0 Å². The van der Waals surface area contributed by atoms with Gasteiger partial charge >= 0.3 is 0 Å². The van der Waals surface area contributed by atoms with Gasteiger partial charge in [-0.05, 0) is 17.7 Å². The lowest BCUT2D eigenvalue weighted by atomic mass is 10.0. The molecule has 0 aromatic heterocycles. The normalized spacial score (nSPS) is 11.7. The molecule has 0 aliphatic heterocycles. The van der Waals surface area contributed by atoms with Crippen LogP contribution in [-0.2, 0) is 0 Å². The minimum Gasteiger partial charge on any atom is -0.376 e. The second kappa shape index (κ2) is 6.85. The van der Waals surface area contributed by atoms with E-state index >= 15 is 0 Å². The van der Waals surface area contributed by atoms with Crippen molar-refractivity contribution in [1.82, 2.24) is 0 Å². The number of halogens is 3. The Morgan fingerprint density at radius 1 is 1.00 bits per heavy atom. The predicted octanol–water partition coefficient (Wildman–Crippen LogP) is 5.71. The Balaban J connectivity index is 2.30. The Bertz CT molecular complexity index is 636. The highest BCUT2D eigenvalue weighted by Crippen LogP contribution is 2.34. The second-order valence-corrected chi connectivity index (χ2v) is 5.44. The van der Waals surface area contributed by atoms with Gasteiger partial charge in [0.15, 0.2) is 0 Å². The molecule has 0 amide bonds. The monoisotopic (exact) mass is 324 g/mol. The largest absolute Gasteiger partial charge is 0.376 e. The summed E-state index contributed by atoms with van der Waals surface area (Å²) < 4.78 is 0. The molecule has 2 aromatic rings. The van der Waals surface area contributed by atoms with Gasteiger partial charge in [0, 0.05) is 0 Å². The lowest BCUT2D eigenvalue weighted by molar-refractivity contribution is 0.806. The molecule has 0 bridgehead atoms. The number of hydrogen-bond acceptors (Lipinski definition) is 2. The summed E-state index contributed by atoms with van der Waals surface area (Å²) in [6, 6.07) is 15.0. The standard InChI is InChI=1S/C15H11Cl3N2/c16-11-8-13(18)15(9-12(11)17)20-14(6-7-19)10-4-2-1-3-5-10/h1-5,8-9,14,20H,6H2. The zero-order valence-electron chi connectivity index (χ0n) is 10.4. The highest BCUT2D eigenvalue weighted by Gasteiger charge is 2.14. The van der Waals surface area contributed by atoms with Crippen LogP contribution < -0.4 is 5.32 Å². The maximum Gasteiger partial charge on any atom is 0.0653 e. The molecule has 0 aliphatic carbocycles. The number of hydrogen-bond donors (Lipinski definition) is 1. The smallest absolute Gasteiger partial charge is 0.0653 e. The third-order valence-corrected chi connectivity index (χ3v) is 3.87. The van der Waals surface area contributed by atoms with Gasteiger partial charge in [-0.25, -0.2) is 0 Å². The topological polar surface area (TPSA) is 35.8 Å². The van der Waals surface area contributed by atoms with Crippen molar-refractivity contribution in [3.8, 4) is 6.07 Å². The van der Waals surface area contributed by atoms with Crippen LogP contribution in [-0.4, -0.2) is 0 Å². The molecule has 0 heterocycles. The molecule has 5 heteroatoms. The van der Waals surface area contributed by atoms with Crippen LogP contribution >= 0.6 is 34.8 Å². The second-order valence-electron chi connectivity index (χ2n) is 4.22. The van der Waals surface area contributed by atoms with E-state index in [4.69, 9.17) is 40.1 Å². The van der Waals surface area contributed by atoms with Crippen LogP contribution in [0.2, 0.25) is 15.1 Å². The quantitative estimate of drug-likeness (QED) is 0.730. The summed E-state index contributed by atoms with van der Waals surface area (Å²) in [7, 11) is 0. The van der Waals surface area contributed by atoms with E-state index in [0.717, 1.165) is 5.56 Å². The van der Waals surface area contributed by atoms with Crippen LogP contribution in [0.25, 0.3) is 0 Å². The average Bonchev–Trinajstić information content (AvgIpc) is 2.45. The Labute approximate surface area is 132 Å². The molecule has 0 radical (unpaired) electrons. The summed E-state index contributed by atoms with van der Waals surface area (Å²) in [5, 5.41) is 13.5. The molecule has 1 atom stereocenters. The van der Waals surface area contributed by atoms with Gasteiger partial charge in [-0.1, -0.05) is 65.1 Å². The number of nitrogens with zero attached hydrogens (tertiary/aromatic N) is 1. The molecule has 0 saturated heterocycles. The Kier molecular flexibility index (Phi) is 5.14. The van der Waals surface area contributed by atoms with E-state index in [-0.39, 0.29) is 6.04 Å². The molecule has 1 unspecified atom stereocenters. The van der Waals surface area contributed by atoms with Crippen molar-refractivity contribution in [2.45, 2.75) is 12.5 Å². The van der Waals surface area contributed by atoms with Crippen molar-refractivity contribution in [1.29, 1.82) is 5.26 Å². The number of benzene rings is 2. The van der Waals surface area contributed by atoms with E-state index < -0.39 is 0 Å². The lowest BCUT2D eigenvalue weighted by Gasteiger charge is -2.19. The fourth-order valence-corrected chi connectivity index (χ4v) is 2.45. The number of nitrogens with one attached hydrogen (secondary N) is 1. The van der Waals surface area contributed by atoms with E-state index in [1.54, 1.807) is 12.1 Å². The Morgan fingerprint density at radius 3 is 2.30 bits per heavy atom. The molecule has 20 heavy (non-hydrogen) atoms. The predicted molar refractivity (Wildman–Crippen MR) is 84.5 cm³/mol. The van der Waals surface area contributed by atoms with Gasteiger partial charge in [0.25, 0.3) is 0 Å². The van der Waals surface area contributed by atoms with E-state index in [2.05, 4.69) is 11.4 Å². The molecular formula is C15H11Cl3N2. The summed E-state index contributed by atoms with van der Waals surface area (Å²) in [6.45, 7) is 0. The number of rotatable bonds is 4. The fourth-order valence-electron chi connectivity index (χ4n) is 1.85. The van der Waals surface area contributed by atoms with Gasteiger partial charge in [0.1, 0.15) is 0 Å². The van der Waals surface area contributed by atoms with Crippen LogP contribution in [0.3, 0.4) is 0 Å². The van der Waals surface area contributed by atoms with E-state index in [1.807, 2.05) is 30.3 Å². The van der Waals surface area contributed by atoms with E-state index in [0.29, 0.717) is 27.2 Å². The van der Waals surface area contributed by atoms with Gasteiger partial charge in [-0.2, -0.15) is 5.26 Å². The summed E-state index contributed by atoms with van der Waals surface area (Å²) in [4.78, 5) is 0. The molecule has 102 valence electrons. The van der Waals surface area contributed by atoms with Gasteiger partial charge in [0.2, 0.25) is 0 Å². The molecule has 2 nitrogen and oxygen atoms in total. The van der Waals surface area contributed by atoms with E-state index in [1.165, 1.54) is 0 Å². The van der Waals surface area contributed by atoms with Crippen molar-refractivity contribution in [3.05, 3.63) is 63.1 Å². The van der Waals surface area contributed by atoms with Crippen molar-refractivity contribution in [2.75, 3.05) is 5.32 Å². The summed E-state index contributed by atoms with van der Waals surface area (Å²) in [5.74, 6) is 0. The van der Waals surface area contributed by atoms with Crippen molar-refractivity contribution < 1.29 is 0 Å². The maximum atomic E-state index is 8.97. The highest BCUT2D eigenvalue weighted by molar-refractivity contribution is 6.44. The third kappa shape index (κ3) is 3.58. The summed E-state index contributed by atoms with van der Waals surface area (Å²) in [6.07, 6.45) is 0.320. The first-order valence-corrected chi connectivity index (χ1v) is 7.08. The molecule has 0 aliphatic rings. The molecule has 0 saturated carbocycles. The van der Waals surface area contributed by atoms with E-state index in [9.17, 15) is 0 Å². The molecule has 0 fully saturated rings. The summed E-state index contributed by atoms with van der Waals surface area (Å²) >= 11 is 18.0. The SMILES string of the molecule is N#CCC(Nc1cc(Cl)c(Cl)cc1Cl)c1ccccc1. The van der Waals surface area contributed by atoms with Crippen LogP contribution in [0.4, 0.5) is 5.69 Å². The van der Waals surface area contributed by atoms with Gasteiger partial charge in [-0.3, -0.25) is 0 Å². The minimum atomic E-state index is -0.157. The van der Waals surface area contributed by atoms with Crippen LogP contribution in [0.1, 0.15) is 18.0 Å². The average molecular weight is 326 g/mol. The third-order valence-electron chi connectivity index (χ3n) is 2.84. The van der Waals surface area contributed by atoms with Crippen LogP contribution in [0.15, 0.2) is 42.5 Å². The minimum absolute atomic E-state index is 0.157. The molecule has 1 N–H and O–H groups in total. The lowest BCUT2D eigenvalue weighted by Crippen LogP contribution is -2.10. The zero-order chi connectivity index (χ0) is 14.5. The Morgan fingerprint density at radius 2 is 1.65 bits per heavy atom. The van der Waals surface area contributed by atoms with Crippen molar-refractivity contribution >= 4 is 40.5 Å². The van der Waals surface area contributed by atoms with Crippen molar-refractivity contribution in [2.24, 2.45) is 0 Å². The van der Waals surface area contributed by atoms with Gasteiger partial charge < -0.3 is 5.32 Å². The fraction of sp³-hybridized carbons (Fsp3) is 0.133. The molecular weight excluding hydrogens is 315 g/mol. The first-order valence-electron chi connectivity index (χ1n) is 5.95. The molecule has 2 rings (SSSR count). The number of anilines is 1. The first kappa shape index (κ1) is 15.0. The zero-order valence-corrected chi connectivity index (χ0v) is 12.7. The van der Waals surface area contributed by atoms with Crippen LogP contribution in [0, 0.1) is 11.3 Å². The maximum absolute atomic E-state index is 8.97. The highest BCUT2D eigenvalue weighted by atomic mass is 35.5. The Hall–Kier alpha value is -1.40. The van der Waals surface area contributed by atoms with Gasteiger partial charge in [-0.15, -0.1) is 0 Å². The molecule has 2 aromatic carbocycles. The first-order chi connectivity index (χ1) is 9.61.